The van der Waals surface area contributed by atoms with Gasteiger partial charge in [-0.05, 0) is 43.5 Å². The van der Waals surface area contributed by atoms with E-state index in [4.69, 9.17) is 0 Å². The van der Waals surface area contributed by atoms with E-state index in [1.54, 1.807) is 19.1 Å². The fraction of sp³-hybridized carbons (Fsp3) is 0.353. The van der Waals surface area contributed by atoms with Gasteiger partial charge < -0.3 is 15.7 Å². The van der Waals surface area contributed by atoms with Gasteiger partial charge >= 0.3 is 0 Å². The molecule has 1 aromatic carbocycles. The molecule has 3 N–H and O–H groups in total. The van der Waals surface area contributed by atoms with Crippen molar-refractivity contribution in [1.82, 2.24) is 10.6 Å². The first-order valence-corrected chi connectivity index (χ1v) is 9.32. The van der Waals surface area contributed by atoms with E-state index in [0.29, 0.717) is 24.6 Å². The average molecular weight is 542 g/mol. The fourth-order valence-electron chi connectivity index (χ4n) is 2.10. The second-order valence-electron chi connectivity index (χ2n) is 5.54. The Labute approximate surface area is 177 Å². The Balaban J connectivity index is 0.00000312. The lowest BCUT2D eigenvalue weighted by Crippen LogP contribution is -2.44. The van der Waals surface area contributed by atoms with Crippen molar-refractivity contribution in [3.05, 3.63) is 56.4 Å². The third-order valence-electron chi connectivity index (χ3n) is 3.41. The summed E-state index contributed by atoms with van der Waals surface area (Å²) >= 11 is 4.84. The predicted octanol–water partition coefficient (Wildman–Crippen LogP) is 4.23. The largest absolute Gasteiger partial charge is 0.383 e. The lowest BCUT2D eigenvalue weighted by molar-refractivity contribution is 0.0655. The average Bonchev–Trinajstić information content (AvgIpc) is 3.08. The van der Waals surface area contributed by atoms with Crippen molar-refractivity contribution < 1.29 is 9.50 Å². The van der Waals surface area contributed by atoms with Crippen LogP contribution >= 0.6 is 51.2 Å². The molecule has 0 spiro atoms. The minimum Gasteiger partial charge on any atom is -0.383 e. The van der Waals surface area contributed by atoms with Gasteiger partial charge in [-0.2, -0.15) is 0 Å². The first-order chi connectivity index (χ1) is 11.4. The van der Waals surface area contributed by atoms with Gasteiger partial charge in [-0.15, -0.1) is 35.3 Å². The Morgan fingerprint density at radius 1 is 1.36 bits per heavy atom. The van der Waals surface area contributed by atoms with Crippen LogP contribution < -0.4 is 10.6 Å². The summed E-state index contributed by atoms with van der Waals surface area (Å²) in [5.74, 6) is 0.247. The Kier molecular flexibility index (Phi) is 9.33. The van der Waals surface area contributed by atoms with Gasteiger partial charge in [-0.1, -0.05) is 22.0 Å². The van der Waals surface area contributed by atoms with Crippen LogP contribution in [0.25, 0.3) is 0 Å². The maximum Gasteiger partial charge on any atom is 0.191 e. The maximum absolute atomic E-state index is 13.8. The quantitative estimate of drug-likeness (QED) is 0.291. The second-order valence-corrected chi connectivity index (χ2v) is 7.40. The van der Waals surface area contributed by atoms with Gasteiger partial charge in [0.05, 0.1) is 13.1 Å². The van der Waals surface area contributed by atoms with Crippen LogP contribution in [-0.4, -0.2) is 24.2 Å². The summed E-state index contributed by atoms with van der Waals surface area (Å²) in [6.07, 6.45) is 0. The molecule has 25 heavy (non-hydrogen) atoms. The van der Waals surface area contributed by atoms with Crippen LogP contribution in [0.15, 0.2) is 45.2 Å². The molecule has 138 valence electrons. The van der Waals surface area contributed by atoms with E-state index in [1.165, 1.54) is 17.4 Å². The third kappa shape index (κ3) is 6.84. The number of nitrogens with one attached hydrogen (secondary N) is 2. The Hall–Kier alpha value is -0.710. The van der Waals surface area contributed by atoms with E-state index in [9.17, 15) is 9.50 Å². The highest BCUT2D eigenvalue weighted by molar-refractivity contribution is 14.0. The fourth-order valence-corrected chi connectivity index (χ4v) is 3.29. The molecule has 4 nitrogen and oxygen atoms in total. The second kappa shape index (κ2) is 10.4. The Morgan fingerprint density at radius 2 is 2.12 bits per heavy atom. The van der Waals surface area contributed by atoms with Gasteiger partial charge in [-0.3, -0.25) is 0 Å². The van der Waals surface area contributed by atoms with Crippen molar-refractivity contribution in [2.45, 2.75) is 26.0 Å². The monoisotopic (exact) mass is 541 g/mol. The lowest BCUT2D eigenvalue weighted by atomic mass is 10.1. The van der Waals surface area contributed by atoms with E-state index in [0.717, 1.165) is 9.35 Å². The number of nitrogens with zero attached hydrogens (tertiary/aromatic N) is 1. The third-order valence-corrected chi connectivity index (χ3v) is 5.03. The molecule has 1 unspecified atom stereocenters. The maximum atomic E-state index is 13.8. The van der Waals surface area contributed by atoms with Crippen LogP contribution in [0.4, 0.5) is 4.39 Å². The Bertz CT molecular complexity index is 695. The molecule has 0 saturated carbocycles. The zero-order chi connectivity index (χ0) is 17.6. The van der Waals surface area contributed by atoms with Gasteiger partial charge in [0.15, 0.2) is 5.96 Å². The molecule has 0 aliphatic carbocycles. The number of guanidine groups is 1. The summed E-state index contributed by atoms with van der Waals surface area (Å²) < 4.78 is 14.6. The Morgan fingerprint density at radius 3 is 2.76 bits per heavy atom. The van der Waals surface area contributed by atoms with Crippen molar-refractivity contribution in [3.8, 4) is 0 Å². The van der Waals surface area contributed by atoms with E-state index < -0.39 is 5.60 Å². The summed E-state index contributed by atoms with van der Waals surface area (Å²) in [5.41, 5.74) is -0.489. The molecule has 0 saturated heterocycles. The van der Waals surface area contributed by atoms with Gasteiger partial charge in [0, 0.05) is 21.5 Å². The van der Waals surface area contributed by atoms with E-state index in [1.807, 2.05) is 24.4 Å². The molecule has 1 atom stereocenters. The number of aliphatic imine (C=N–C) groups is 1. The van der Waals surface area contributed by atoms with E-state index >= 15 is 0 Å². The summed E-state index contributed by atoms with van der Waals surface area (Å²) in [6.45, 7) is 4.90. The predicted molar refractivity (Wildman–Crippen MR) is 116 cm³/mol. The van der Waals surface area contributed by atoms with Crippen LogP contribution in [0.3, 0.4) is 0 Å². The highest BCUT2D eigenvalue weighted by Crippen LogP contribution is 2.24. The molecule has 0 radical (unpaired) electrons. The van der Waals surface area contributed by atoms with Crippen molar-refractivity contribution in [2.75, 3.05) is 13.1 Å². The molecule has 8 heteroatoms. The summed E-state index contributed by atoms with van der Waals surface area (Å²) in [5, 5.41) is 18.7. The molecule has 0 aliphatic rings. The van der Waals surface area contributed by atoms with Crippen LogP contribution in [0, 0.1) is 5.82 Å². The van der Waals surface area contributed by atoms with Crippen molar-refractivity contribution in [2.24, 2.45) is 4.99 Å². The molecule has 0 bridgehead atoms. The van der Waals surface area contributed by atoms with Crippen molar-refractivity contribution in [1.29, 1.82) is 0 Å². The minimum atomic E-state index is -0.995. The minimum absolute atomic E-state index is 0. The van der Waals surface area contributed by atoms with E-state index in [-0.39, 0.29) is 36.3 Å². The highest BCUT2D eigenvalue weighted by Gasteiger charge is 2.24. The number of thiophene rings is 1. The number of benzene rings is 1. The summed E-state index contributed by atoms with van der Waals surface area (Å²) in [4.78, 5) is 5.27. The van der Waals surface area contributed by atoms with Gasteiger partial charge in [0.2, 0.25) is 0 Å². The summed E-state index contributed by atoms with van der Waals surface area (Å²) in [7, 11) is 0. The number of hydrogen-bond donors (Lipinski definition) is 3. The standard InChI is InChI=1S/C17H21BrFN3OS.HI/c1-3-20-16(21-10-12-9-13(18)6-7-14(12)19)22-11-17(2,23)15-5-4-8-24-15;/h4-9,23H,3,10-11H2,1-2H3,(H2,20,21,22);1H. The zero-order valence-electron chi connectivity index (χ0n) is 14.1. The normalized spacial score (nSPS) is 13.7. The highest BCUT2D eigenvalue weighted by atomic mass is 127. The number of rotatable bonds is 6. The van der Waals surface area contributed by atoms with Crippen LogP contribution in [0.5, 0.6) is 0 Å². The van der Waals surface area contributed by atoms with Crippen LogP contribution in [0.1, 0.15) is 24.3 Å². The molecule has 0 amide bonds. The molecule has 0 aliphatic heterocycles. The molecule has 2 rings (SSSR count). The zero-order valence-corrected chi connectivity index (χ0v) is 18.8. The molecular formula is C17H22BrFIN3OS. The first kappa shape index (κ1) is 22.3. The van der Waals surface area contributed by atoms with Crippen molar-refractivity contribution >= 4 is 57.2 Å². The number of aliphatic hydroxyl groups is 1. The SMILES string of the molecule is CCNC(=NCc1cc(Br)ccc1F)NCC(C)(O)c1cccs1.I. The topological polar surface area (TPSA) is 56.7 Å². The molecule has 1 heterocycles. The van der Waals surface area contributed by atoms with Crippen molar-refractivity contribution in [3.63, 3.8) is 0 Å². The van der Waals surface area contributed by atoms with Crippen LogP contribution in [-0.2, 0) is 12.1 Å². The number of hydrogen-bond acceptors (Lipinski definition) is 3. The summed E-state index contributed by atoms with van der Waals surface area (Å²) in [6, 6.07) is 8.59. The van der Waals surface area contributed by atoms with Crippen LogP contribution in [0.2, 0.25) is 0 Å². The van der Waals surface area contributed by atoms with Gasteiger partial charge in [0.25, 0.3) is 0 Å². The molecular weight excluding hydrogens is 520 g/mol. The lowest BCUT2D eigenvalue weighted by Gasteiger charge is -2.23. The molecule has 2 aromatic rings. The first-order valence-electron chi connectivity index (χ1n) is 7.65. The van der Waals surface area contributed by atoms with Gasteiger partial charge in [-0.25, -0.2) is 9.38 Å². The van der Waals surface area contributed by atoms with Gasteiger partial charge in [0.1, 0.15) is 11.4 Å². The number of halogens is 3. The smallest absolute Gasteiger partial charge is 0.191 e. The molecule has 1 aromatic heterocycles. The molecule has 0 fully saturated rings. The van der Waals surface area contributed by atoms with E-state index in [2.05, 4.69) is 31.6 Å².